The van der Waals surface area contributed by atoms with E-state index in [0.29, 0.717) is 23.6 Å². The summed E-state index contributed by atoms with van der Waals surface area (Å²) in [5.41, 5.74) is 1.25. The van der Waals surface area contributed by atoms with Gasteiger partial charge in [-0.25, -0.2) is 0 Å². The normalized spacial score (nSPS) is 17.0. The second kappa shape index (κ2) is 4.40. The molecular weight excluding hydrogens is 232 g/mol. The molecule has 5 heteroatoms. The third kappa shape index (κ3) is 2.34. The van der Waals surface area contributed by atoms with Crippen LogP contribution in [0.4, 0.5) is 11.4 Å². The van der Waals surface area contributed by atoms with Crippen LogP contribution in [-0.2, 0) is 4.79 Å². The maximum absolute atomic E-state index is 11.8. The zero-order valence-corrected chi connectivity index (χ0v) is 11.1. The number of benzene rings is 1. The lowest BCUT2D eigenvalue weighted by Gasteiger charge is -2.24. The summed E-state index contributed by atoms with van der Waals surface area (Å²) < 4.78 is 10.5. The summed E-state index contributed by atoms with van der Waals surface area (Å²) in [6.07, 6.45) is 0.409. The number of rotatable bonds is 2. The van der Waals surface area contributed by atoms with E-state index in [4.69, 9.17) is 9.47 Å². The SMILES string of the molecule is COc1cc2c(cc1OC)NC(C)(C)CC(=O)N2. The molecule has 1 aromatic rings. The van der Waals surface area contributed by atoms with Gasteiger partial charge in [0.1, 0.15) is 0 Å². The largest absolute Gasteiger partial charge is 0.493 e. The van der Waals surface area contributed by atoms with Crippen LogP contribution in [0, 0.1) is 0 Å². The third-order valence-electron chi connectivity index (χ3n) is 2.87. The fourth-order valence-corrected chi connectivity index (χ4v) is 2.09. The van der Waals surface area contributed by atoms with E-state index in [-0.39, 0.29) is 11.4 Å². The van der Waals surface area contributed by atoms with Gasteiger partial charge in [0, 0.05) is 24.1 Å². The maximum Gasteiger partial charge on any atom is 0.226 e. The molecule has 0 aliphatic carbocycles. The molecule has 98 valence electrons. The zero-order chi connectivity index (χ0) is 13.3. The number of methoxy groups -OCH3 is 2. The quantitative estimate of drug-likeness (QED) is 0.845. The summed E-state index contributed by atoms with van der Waals surface area (Å²) in [6, 6.07) is 3.60. The molecule has 0 saturated heterocycles. The first-order valence-corrected chi connectivity index (χ1v) is 5.79. The van der Waals surface area contributed by atoms with Gasteiger partial charge in [0.25, 0.3) is 0 Å². The highest BCUT2D eigenvalue weighted by atomic mass is 16.5. The highest BCUT2D eigenvalue weighted by Crippen LogP contribution is 2.39. The molecule has 0 unspecified atom stereocenters. The average Bonchev–Trinajstić information content (AvgIpc) is 2.39. The fourth-order valence-electron chi connectivity index (χ4n) is 2.09. The van der Waals surface area contributed by atoms with E-state index in [1.165, 1.54) is 0 Å². The number of anilines is 2. The molecule has 2 rings (SSSR count). The van der Waals surface area contributed by atoms with Gasteiger partial charge in [-0.1, -0.05) is 0 Å². The summed E-state index contributed by atoms with van der Waals surface area (Å²) in [5.74, 6) is 1.22. The van der Waals surface area contributed by atoms with Crippen LogP contribution in [0.5, 0.6) is 11.5 Å². The van der Waals surface area contributed by atoms with Crippen LogP contribution in [0.2, 0.25) is 0 Å². The number of hydrogen-bond donors (Lipinski definition) is 2. The Hall–Kier alpha value is -1.91. The Labute approximate surface area is 106 Å². The van der Waals surface area contributed by atoms with Crippen molar-refractivity contribution in [2.24, 2.45) is 0 Å². The van der Waals surface area contributed by atoms with Crippen molar-refractivity contribution in [2.45, 2.75) is 25.8 Å². The first-order chi connectivity index (χ1) is 8.45. The van der Waals surface area contributed by atoms with Gasteiger partial charge in [0.05, 0.1) is 25.6 Å². The van der Waals surface area contributed by atoms with Crippen molar-refractivity contribution in [1.29, 1.82) is 0 Å². The van der Waals surface area contributed by atoms with Crippen molar-refractivity contribution in [2.75, 3.05) is 24.9 Å². The van der Waals surface area contributed by atoms with Gasteiger partial charge in [-0.3, -0.25) is 4.79 Å². The Morgan fingerprint density at radius 3 is 2.22 bits per heavy atom. The number of nitrogens with one attached hydrogen (secondary N) is 2. The lowest BCUT2D eigenvalue weighted by Crippen LogP contribution is -2.32. The first kappa shape index (κ1) is 12.5. The Balaban J connectivity index is 2.50. The number of fused-ring (bicyclic) bond motifs is 1. The average molecular weight is 250 g/mol. The highest BCUT2D eigenvalue weighted by molar-refractivity contribution is 5.97. The molecule has 1 aliphatic rings. The highest BCUT2D eigenvalue weighted by Gasteiger charge is 2.27. The molecule has 0 aromatic heterocycles. The van der Waals surface area contributed by atoms with Crippen LogP contribution in [0.15, 0.2) is 12.1 Å². The van der Waals surface area contributed by atoms with Crippen LogP contribution in [0.3, 0.4) is 0 Å². The van der Waals surface area contributed by atoms with Gasteiger partial charge in [0.2, 0.25) is 5.91 Å². The van der Waals surface area contributed by atoms with Crippen molar-refractivity contribution in [3.05, 3.63) is 12.1 Å². The van der Waals surface area contributed by atoms with Gasteiger partial charge in [0.15, 0.2) is 11.5 Å². The lowest BCUT2D eigenvalue weighted by atomic mass is 10.0. The lowest BCUT2D eigenvalue weighted by molar-refractivity contribution is -0.116. The molecule has 0 fully saturated rings. The molecule has 5 nitrogen and oxygen atoms in total. The molecule has 1 aromatic carbocycles. The smallest absolute Gasteiger partial charge is 0.226 e. The Bertz CT molecular complexity index is 483. The Kier molecular flexibility index (Phi) is 3.07. The molecule has 0 radical (unpaired) electrons. The van der Waals surface area contributed by atoms with E-state index in [1.807, 2.05) is 19.9 Å². The summed E-state index contributed by atoms with van der Waals surface area (Å²) in [7, 11) is 3.16. The molecule has 18 heavy (non-hydrogen) atoms. The first-order valence-electron chi connectivity index (χ1n) is 5.79. The molecular formula is C13H18N2O3. The minimum Gasteiger partial charge on any atom is -0.493 e. The molecule has 1 aliphatic heterocycles. The van der Waals surface area contributed by atoms with E-state index in [1.54, 1.807) is 20.3 Å². The van der Waals surface area contributed by atoms with Gasteiger partial charge in [-0.15, -0.1) is 0 Å². The molecule has 0 saturated carbocycles. The van der Waals surface area contributed by atoms with Crippen LogP contribution in [0.25, 0.3) is 0 Å². The predicted molar refractivity (Wildman–Crippen MR) is 70.5 cm³/mol. The summed E-state index contributed by atoms with van der Waals surface area (Å²) in [4.78, 5) is 11.8. The van der Waals surface area contributed by atoms with E-state index < -0.39 is 0 Å². The number of carbonyl (C=O) groups excluding carboxylic acids is 1. The number of hydrogen-bond acceptors (Lipinski definition) is 4. The van der Waals surface area contributed by atoms with Gasteiger partial charge >= 0.3 is 0 Å². The van der Waals surface area contributed by atoms with Crippen LogP contribution in [-0.4, -0.2) is 25.7 Å². The molecule has 1 heterocycles. The molecule has 0 bridgehead atoms. The zero-order valence-electron chi connectivity index (χ0n) is 11.1. The number of ether oxygens (including phenoxy) is 2. The van der Waals surface area contributed by atoms with Crippen molar-refractivity contribution in [3.8, 4) is 11.5 Å². The second-order valence-corrected chi connectivity index (χ2v) is 4.99. The summed E-state index contributed by atoms with van der Waals surface area (Å²) in [5, 5.41) is 6.20. The molecule has 0 spiro atoms. The molecule has 2 N–H and O–H groups in total. The van der Waals surface area contributed by atoms with E-state index in [9.17, 15) is 4.79 Å². The van der Waals surface area contributed by atoms with E-state index >= 15 is 0 Å². The minimum absolute atomic E-state index is 0.0153. The van der Waals surface area contributed by atoms with Crippen LogP contribution >= 0.6 is 0 Å². The second-order valence-electron chi connectivity index (χ2n) is 4.99. The predicted octanol–water partition coefficient (Wildman–Crippen LogP) is 2.24. The van der Waals surface area contributed by atoms with Crippen molar-refractivity contribution in [1.82, 2.24) is 0 Å². The molecule has 1 amide bonds. The summed E-state index contributed by atoms with van der Waals surface area (Å²) in [6.45, 7) is 3.97. The Morgan fingerprint density at radius 1 is 1.11 bits per heavy atom. The Morgan fingerprint density at radius 2 is 1.67 bits per heavy atom. The minimum atomic E-state index is -0.297. The number of carbonyl (C=O) groups is 1. The maximum atomic E-state index is 11.8. The monoisotopic (exact) mass is 250 g/mol. The van der Waals surface area contributed by atoms with Crippen LogP contribution in [0.1, 0.15) is 20.3 Å². The third-order valence-corrected chi connectivity index (χ3v) is 2.87. The van der Waals surface area contributed by atoms with Gasteiger partial charge in [-0.2, -0.15) is 0 Å². The number of amides is 1. The van der Waals surface area contributed by atoms with Gasteiger partial charge < -0.3 is 20.1 Å². The van der Waals surface area contributed by atoms with Crippen LogP contribution < -0.4 is 20.1 Å². The fraction of sp³-hybridized carbons (Fsp3) is 0.462. The molecule has 0 atom stereocenters. The van der Waals surface area contributed by atoms with Crippen molar-refractivity contribution >= 4 is 17.3 Å². The summed E-state index contributed by atoms with van der Waals surface area (Å²) >= 11 is 0. The van der Waals surface area contributed by atoms with Gasteiger partial charge in [-0.05, 0) is 13.8 Å². The van der Waals surface area contributed by atoms with E-state index in [0.717, 1.165) is 5.69 Å². The standard InChI is InChI=1S/C13H18N2O3/c1-13(2)7-12(16)14-8-5-10(17-3)11(18-4)6-9(8)15-13/h5-6,15H,7H2,1-4H3,(H,14,16). The van der Waals surface area contributed by atoms with Crippen molar-refractivity contribution in [3.63, 3.8) is 0 Å². The van der Waals surface area contributed by atoms with E-state index in [2.05, 4.69) is 10.6 Å². The topological polar surface area (TPSA) is 59.6 Å². The van der Waals surface area contributed by atoms with Crippen molar-refractivity contribution < 1.29 is 14.3 Å².